The van der Waals surface area contributed by atoms with E-state index in [9.17, 15) is 9.18 Å². The topological polar surface area (TPSA) is 80.9 Å². The van der Waals surface area contributed by atoms with Gasteiger partial charge in [0, 0.05) is 31.0 Å². The molecule has 3 N–H and O–H groups in total. The first-order valence-electron chi connectivity index (χ1n) is 8.49. The van der Waals surface area contributed by atoms with Crippen LogP contribution in [0.3, 0.4) is 0 Å². The van der Waals surface area contributed by atoms with Crippen LogP contribution in [0.25, 0.3) is 11.0 Å². The Bertz CT molecular complexity index is 935. The number of fused-ring (bicyclic) bond motifs is 1. The second kappa shape index (κ2) is 10.3. The smallest absolute Gasteiger partial charge is 0.253 e. The number of aromatic nitrogens is 2. The van der Waals surface area contributed by atoms with E-state index in [0.29, 0.717) is 17.0 Å². The number of nitrogens with two attached hydrogens (primary N) is 1. The van der Waals surface area contributed by atoms with E-state index in [-0.39, 0.29) is 43.0 Å². The quantitative estimate of drug-likeness (QED) is 0.643. The highest BCUT2D eigenvalue weighted by Gasteiger charge is 2.15. The highest BCUT2D eigenvalue weighted by Crippen LogP contribution is 2.19. The van der Waals surface area contributed by atoms with Crippen LogP contribution >= 0.6 is 24.8 Å². The van der Waals surface area contributed by atoms with Crippen LogP contribution in [0.15, 0.2) is 48.8 Å². The molecule has 3 aromatic rings. The summed E-state index contributed by atoms with van der Waals surface area (Å²) in [6.45, 7) is 4.49. The fourth-order valence-corrected chi connectivity index (χ4v) is 2.76. The first kappa shape index (κ1) is 23.8. The number of nitrogens with one attached hydrogen (secondary N) is 1. The Kier molecular flexibility index (Phi) is 8.75. The second-order valence-corrected chi connectivity index (χ2v) is 6.52. The van der Waals surface area contributed by atoms with Crippen molar-refractivity contribution in [3.05, 3.63) is 71.3 Å². The second-order valence-electron chi connectivity index (χ2n) is 6.52. The summed E-state index contributed by atoms with van der Waals surface area (Å²) in [6.07, 6.45) is 2.93. The third-order valence-corrected chi connectivity index (χ3v) is 4.30. The molecule has 0 fully saturated rings. The van der Waals surface area contributed by atoms with Crippen molar-refractivity contribution in [2.45, 2.75) is 25.8 Å². The van der Waals surface area contributed by atoms with Gasteiger partial charge in [-0.15, -0.1) is 24.8 Å². The molecule has 0 aliphatic rings. The average molecular weight is 425 g/mol. The van der Waals surface area contributed by atoms with E-state index in [0.717, 1.165) is 11.6 Å². The summed E-state index contributed by atoms with van der Waals surface area (Å²) in [5, 5.41) is 2.76. The monoisotopic (exact) mass is 424 g/mol. The molecule has 0 aliphatic heterocycles. The molecule has 150 valence electrons. The number of benzene rings is 2. The van der Waals surface area contributed by atoms with Crippen LogP contribution in [0.4, 0.5) is 4.39 Å². The minimum absolute atomic E-state index is 0. The molecule has 3 rings (SSSR count). The Morgan fingerprint density at radius 1 is 1.07 bits per heavy atom. The van der Waals surface area contributed by atoms with E-state index >= 15 is 0 Å². The molecule has 1 amide bonds. The number of hydrogen-bond donors (Lipinski definition) is 2. The predicted molar refractivity (Wildman–Crippen MR) is 114 cm³/mol. The molecule has 0 radical (unpaired) electrons. The van der Waals surface area contributed by atoms with Gasteiger partial charge in [-0.1, -0.05) is 38.1 Å². The van der Waals surface area contributed by atoms with Crippen molar-refractivity contribution >= 4 is 41.8 Å². The van der Waals surface area contributed by atoms with E-state index in [2.05, 4.69) is 29.1 Å². The van der Waals surface area contributed by atoms with Gasteiger partial charge in [-0.2, -0.15) is 0 Å². The van der Waals surface area contributed by atoms with Crippen LogP contribution in [0.2, 0.25) is 0 Å². The van der Waals surface area contributed by atoms with Gasteiger partial charge in [0.1, 0.15) is 11.3 Å². The molecule has 5 nitrogen and oxygen atoms in total. The standard InChI is InChI=1S/C20H21FN4O.2ClH/c1-12(2)13-3-5-14(6-4-13)17(22)11-25-20(26)16-9-15(21)10-18-19(16)24-8-7-23-18;;/h3-10,12,17H,11,22H2,1-2H3,(H,25,26);2*1H. The maximum atomic E-state index is 13.8. The molecule has 1 unspecified atom stereocenters. The molecular weight excluding hydrogens is 402 g/mol. The van der Waals surface area contributed by atoms with Crippen molar-refractivity contribution in [1.82, 2.24) is 15.3 Å². The maximum Gasteiger partial charge on any atom is 0.253 e. The number of carbonyl (C=O) groups excluding carboxylic acids is 1. The fourth-order valence-electron chi connectivity index (χ4n) is 2.76. The number of nitrogens with zero attached hydrogens (tertiary/aromatic N) is 2. The van der Waals surface area contributed by atoms with Gasteiger partial charge in [0.2, 0.25) is 0 Å². The summed E-state index contributed by atoms with van der Waals surface area (Å²) < 4.78 is 13.8. The van der Waals surface area contributed by atoms with Crippen LogP contribution in [0, 0.1) is 5.82 Å². The van der Waals surface area contributed by atoms with E-state index in [1.54, 1.807) is 0 Å². The molecule has 8 heteroatoms. The van der Waals surface area contributed by atoms with E-state index < -0.39 is 11.7 Å². The fraction of sp³-hybridized carbons (Fsp3) is 0.250. The summed E-state index contributed by atoms with van der Waals surface area (Å²) >= 11 is 0. The van der Waals surface area contributed by atoms with Gasteiger partial charge in [-0.3, -0.25) is 14.8 Å². The molecule has 0 bridgehead atoms. The number of amides is 1. The lowest BCUT2D eigenvalue weighted by atomic mass is 9.99. The summed E-state index contributed by atoms with van der Waals surface area (Å²) in [4.78, 5) is 20.7. The highest BCUT2D eigenvalue weighted by atomic mass is 35.5. The molecule has 0 saturated carbocycles. The summed E-state index contributed by atoms with van der Waals surface area (Å²) in [5.41, 5.74) is 9.18. The zero-order valence-electron chi connectivity index (χ0n) is 15.6. The van der Waals surface area contributed by atoms with Gasteiger partial charge in [0.25, 0.3) is 5.91 Å². The van der Waals surface area contributed by atoms with Crippen molar-refractivity contribution in [3.63, 3.8) is 0 Å². The SMILES string of the molecule is CC(C)c1ccc(C(N)CNC(=O)c2cc(F)cc3nccnc23)cc1.Cl.Cl. The number of carbonyl (C=O) groups is 1. The summed E-state index contributed by atoms with van der Waals surface area (Å²) in [7, 11) is 0. The van der Waals surface area contributed by atoms with Crippen molar-refractivity contribution in [1.29, 1.82) is 0 Å². The van der Waals surface area contributed by atoms with Crippen molar-refractivity contribution < 1.29 is 9.18 Å². The Hall–Kier alpha value is -2.28. The van der Waals surface area contributed by atoms with Gasteiger partial charge < -0.3 is 11.1 Å². The van der Waals surface area contributed by atoms with Crippen molar-refractivity contribution in [2.75, 3.05) is 6.54 Å². The van der Waals surface area contributed by atoms with Gasteiger partial charge >= 0.3 is 0 Å². The van der Waals surface area contributed by atoms with Gasteiger partial charge in [-0.05, 0) is 23.1 Å². The lowest BCUT2D eigenvalue weighted by molar-refractivity contribution is 0.0952. The molecule has 1 heterocycles. The van der Waals surface area contributed by atoms with E-state index in [1.807, 2.05) is 24.3 Å². The summed E-state index contributed by atoms with van der Waals surface area (Å²) in [6, 6.07) is 10.1. The average Bonchev–Trinajstić information content (AvgIpc) is 2.65. The van der Waals surface area contributed by atoms with Crippen molar-refractivity contribution in [3.8, 4) is 0 Å². The molecule has 0 spiro atoms. The largest absolute Gasteiger partial charge is 0.350 e. The molecule has 2 aromatic carbocycles. The van der Waals surface area contributed by atoms with Crippen LogP contribution < -0.4 is 11.1 Å². The molecule has 0 saturated heterocycles. The van der Waals surface area contributed by atoms with Crippen LogP contribution in [-0.2, 0) is 0 Å². The zero-order chi connectivity index (χ0) is 18.7. The highest BCUT2D eigenvalue weighted by molar-refractivity contribution is 6.04. The van der Waals surface area contributed by atoms with Crippen LogP contribution in [0.1, 0.15) is 47.3 Å². The third-order valence-electron chi connectivity index (χ3n) is 4.30. The molecule has 1 aromatic heterocycles. The predicted octanol–water partition coefficient (Wildman–Crippen LogP) is 4.17. The number of rotatable bonds is 5. The molecule has 28 heavy (non-hydrogen) atoms. The minimum Gasteiger partial charge on any atom is -0.350 e. The number of halogens is 3. The normalized spacial score (nSPS) is 11.5. The van der Waals surface area contributed by atoms with Crippen LogP contribution in [0.5, 0.6) is 0 Å². The Morgan fingerprint density at radius 2 is 1.68 bits per heavy atom. The zero-order valence-corrected chi connectivity index (χ0v) is 17.2. The molecular formula is C20H23Cl2FN4O. The Labute approximate surface area is 175 Å². The lowest BCUT2D eigenvalue weighted by Crippen LogP contribution is -2.32. The molecule has 0 aliphatic carbocycles. The lowest BCUT2D eigenvalue weighted by Gasteiger charge is -2.15. The first-order valence-corrected chi connectivity index (χ1v) is 8.49. The Balaban J connectivity index is 0.00000196. The third kappa shape index (κ3) is 5.38. The Morgan fingerprint density at radius 3 is 2.32 bits per heavy atom. The minimum atomic E-state index is -0.531. The van der Waals surface area contributed by atoms with Gasteiger partial charge in [0.05, 0.1) is 11.1 Å². The summed E-state index contributed by atoms with van der Waals surface area (Å²) in [5.74, 6) is -0.511. The van der Waals surface area contributed by atoms with Gasteiger partial charge in [0.15, 0.2) is 0 Å². The maximum absolute atomic E-state index is 13.8. The first-order chi connectivity index (χ1) is 12.5. The number of hydrogen-bond acceptors (Lipinski definition) is 4. The van der Waals surface area contributed by atoms with Crippen LogP contribution in [-0.4, -0.2) is 22.4 Å². The van der Waals surface area contributed by atoms with E-state index in [1.165, 1.54) is 24.0 Å². The van der Waals surface area contributed by atoms with E-state index in [4.69, 9.17) is 5.73 Å². The van der Waals surface area contributed by atoms with Gasteiger partial charge in [-0.25, -0.2) is 4.39 Å². The molecule has 1 atom stereocenters. The van der Waals surface area contributed by atoms with Crippen molar-refractivity contribution in [2.24, 2.45) is 5.73 Å².